The number of nitrogens with zero attached hydrogens (tertiary/aromatic N) is 5. The molecule has 0 unspecified atom stereocenters. The Hall–Kier alpha value is -1.42. The standard InChI is InChI=1S/C12H14ClN5O3S/c13-12-16-9-8(14-7-15-11(9)21-4-3-19)10(17-12)18-1-5-22(20)6-2-18/h7,19H,1-6H2. The Bertz CT molecular complexity index is 668. The number of fused-ring (bicyclic) bond motifs is 1. The summed E-state index contributed by atoms with van der Waals surface area (Å²) in [6, 6.07) is 0. The molecule has 0 bridgehead atoms. The van der Waals surface area contributed by atoms with Crippen LogP contribution in [0.5, 0.6) is 5.88 Å². The normalized spacial score (nSPS) is 16.2. The van der Waals surface area contributed by atoms with Crippen LogP contribution in [0.3, 0.4) is 0 Å². The van der Waals surface area contributed by atoms with Crippen molar-refractivity contribution in [3.63, 3.8) is 0 Å². The minimum atomic E-state index is -0.786. The molecule has 0 aliphatic carbocycles. The quantitative estimate of drug-likeness (QED) is 0.611. The second-order valence-electron chi connectivity index (χ2n) is 4.60. The van der Waals surface area contributed by atoms with Gasteiger partial charge in [0.2, 0.25) is 11.2 Å². The number of aromatic nitrogens is 4. The molecule has 0 radical (unpaired) electrons. The SMILES string of the molecule is [O-][S+]1CCN(c2nc(Cl)nc3c(OCCO)ncnc23)CC1. The van der Waals surface area contributed by atoms with Gasteiger partial charge in [-0.2, -0.15) is 9.97 Å². The third-order valence-electron chi connectivity index (χ3n) is 3.21. The van der Waals surface area contributed by atoms with Crippen LogP contribution >= 0.6 is 11.6 Å². The van der Waals surface area contributed by atoms with Crippen LogP contribution in [0.15, 0.2) is 6.33 Å². The molecule has 118 valence electrons. The van der Waals surface area contributed by atoms with Gasteiger partial charge in [-0.05, 0) is 11.6 Å². The molecule has 1 aliphatic rings. The lowest BCUT2D eigenvalue weighted by Crippen LogP contribution is -2.41. The van der Waals surface area contributed by atoms with Crippen LogP contribution in [0.1, 0.15) is 0 Å². The molecule has 1 N–H and O–H groups in total. The first-order valence-electron chi connectivity index (χ1n) is 6.71. The van der Waals surface area contributed by atoms with E-state index in [1.807, 2.05) is 4.90 Å². The predicted molar refractivity (Wildman–Crippen MR) is 82.8 cm³/mol. The zero-order chi connectivity index (χ0) is 15.5. The maximum Gasteiger partial charge on any atom is 0.244 e. The van der Waals surface area contributed by atoms with Gasteiger partial charge in [0.15, 0.2) is 11.3 Å². The van der Waals surface area contributed by atoms with E-state index in [-0.39, 0.29) is 24.4 Å². The zero-order valence-corrected chi connectivity index (χ0v) is 13.2. The Morgan fingerprint density at radius 1 is 1.27 bits per heavy atom. The third kappa shape index (κ3) is 3.17. The van der Waals surface area contributed by atoms with Crippen LogP contribution in [-0.2, 0) is 11.2 Å². The largest absolute Gasteiger partial charge is 0.616 e. The van der Waals surface area contributed by atoms with Crippen LogP contribution in [0.4, 0.5) is 5.82 Å². The number of hydrogen-bond donors (Lipinski definition) is 1. The average molecular weight is 344 g/mol. The highest BCUT2D eigenvalue weighted by molar-refractivity contribution is 7.91. The number of hydrogen-bond acceptors (Lipinski definition) is 8. The van der Waals surface area contributed by atoms with Gasteiger partial charge in [-0.3, -0.25) is 0 Å². The average Bonchev–Trinajstić information content (AvgIpc) is 2.53. The van der Waals surface area contributed by atoms with Gasteiger partial charge in [0.1, 0.15) is 30.0 Å². The van der Waals surface area contributed by atoms with Crippen molar-refractivity contribution >= 4 is 39.6 Å². The molecule has 22 heavy (non-hydrogen) atoms. The molecular weight excluding hydrogens is 330 g/mol. The molecule has 1 saturated heterocycles. The fraction of sp³-hybridized carbons (Fsp3) is 0.500. The molecule has 0 aromatic carbocycles. The van der Waals surface area contributed by atoms with Crippen LogP contribution in [-0.4, -0.2) is 67.4 Å². The second-order valence-corrected chi connectivity index (χ2v) is 6.63. The van der Waals surface area contributed by atoms with E-state index in [1.165, 1.54) is 6.33 Å². The van der Waals surface area contributed by atoms with E-state index in [2.05, 4.69) is 19.9 Å². The van der Waals surface area contributed by atoms with Gasteiger partial charge in [0.25, 0.3) is 0 Å². The summed E-state index contributed by atoms with van der Waals surface area (Å²) in [7, 11) is 0. The van der Waals surface area contributed by atoms with E-state index < -0.39 is 11.2 Å². The lowest BCUT2D eigenvalue weighted by Gasteiger charge is -2.29. The van der Waals surface area contributed by atoms with Gasteiger partial charge in [0.05, 0.1) is 19.7 Å². The number of aliphatic hydroxyl groups excluding tert-OH is 1. The first kappa shape index (κ1) is 15.5. The molecule has 10 heteroatoms. The van der Waals surface area contributed by atoms with E-state index in [0.29, 0.717) is 41.4 Å². The molecule has 0 saturated carbocycles. The molecule has 8 nitrogen and oxygen atoms in total. The highest BCUT2D eigenvalue weighted by atomic mass is 35.5. The lowest BCUT2D eigenvalue weighted by molar-refractivity contribution is 0.198. The van der Waals surface area contributed by atoms with E-state index in [1.54, 1.807) is 0 Å². The molecule has 3 heterocycles. The predicted octanol–water partition coefficient (Wildman–Crippen LogP) is 0.0130. The van der Waals surface area contributed by atoms with Crippen molar-refractivity contribution in [2.24, 2.45) is 0 Å². The van der Waals surface area contributed by atoms with E-state index in [0.717, 1.165) is 0 Å². The summed E-state index contributed by atoms with van der Waals surface area (Å²) in [6.07, 6.45) is 1.36. The van der Waals surface area contributed by atoms with Gasteiger partial charge >= 0.3 is 0 Å². The molecule has 3 rings (SSSR count). The van der Waals surface area contributed by atoms with Gasteiger partial charge in [0, 0.05) is 0 Å². The summed E-state index contributed by atoms with van der Waals surface area (Å²) in [5.41, 5.74) is 0.928. The van der Waals surface area contributed by atoms with Crippen LogP contribution < -0.4 is 9.64 Å². The molecule has 1 fully saturated rings. The second kappa shape index (κ2) is 6.78. The Balaban J connectivity index is 2.03. The summed E-state index contributed by atoms with van der Waals surface area (Å²) >= 11 is 5.22. The summed E-state index contributed by atoms with van der Waals surface area (Å²) in [4.78, 5) is 18.6. The molecular formula is C12H14ClN5O3S. The Morgan fingerprint density at radius 3 is 2.77 bits per heavy atom. The van der Waals surface area contributed by atoms with Gasteiger partial charge in [-0.1, -0.05) is 11.2 Å². The first-order chi connectivity index (χ1) is 10.7. The van der Waals surface area contributed by atoms with Crippen molar-refractivity contribution in [2.45, 2.75) is 0 Å². The maximum absolute atomic E-state index is 11.5. The zero-order valence-electron chi connectivity index (χ0n) is 11.6. The fourth-order valence-electron chi connectivity index (χ4n) is 2.20. The molecule has 0 spiro atoms. The smallest absolute Gasteiger partial charge is 0.244 e. The lowest BCUT2D eigenvalue weighted by atomic mass is 10.3. The van der Waals surface area contributed by atoms with Crippen molar-refractivity contribution in [1.29, 1.82) is 0 Å². The molecule has 2 aromatic rings. The molecule has 1 aliphatic heterocycles. The maximum atomic E-state index is 11.5. The van der Waals surface area contributed by atoms with Gasteiger partial charge in [-0.25, -0.2) is 9.97 Å². The number of anilines is 1. The minimum Gasteiger partial charge on any atom is -0.616 e. The van der Waals surface area contributed by atoms with Gasteiger partial charge in [-0.15, -0.1) is 0 Å². The first-order valence-corrected chi connectivity index (χ1v) is 8.57. The van der Waals surface area contributed by atoms with E-state index >= 15 is 0 Å². The summed E-state index contributed by atoms with van der Waals surface area (Å²) in [5.74, 6) is 2.01. The number of aliphatic hydroxyl groups is 1. The molecule has 2 aromatic heterocycles. The third-order valence-corrected chi connectivity index (χ3v) is 4.65. The van der Waals surface area contributed by atoms with Crippen molar-refractivity contribution in [1.82, 2.24) is 19.9 Å². The summed E-state index contributed by atoms with van der Waals surface area (Å²) < 4.78 is 16.9. The highest BCUT2D eigenvalue weighted by Crippen LogP contribution is 2.28. The minimum absolute atomic E-state index is 0.0674. The summed E-state index contributed by atoms with van der Waals surface area (Å²) in [5, 5.41) is 8.94. The topological polar surface area (TPSA) is 107 Å². The monoisotopic (exact) mass is 343 g/mol. The Morgan fingerprint density at radius 2 is 2.05 bits per heavy atom. The Kier molecular flexibility index (Phi) is 4.77. The van der Waals surface area contributed by atoms with Crippen molar-refractivity contribution in [3.05, 3.63) is 11.6 Å². The van der Waals surface area contributed by atoms with Gasteiger partial charge < -0.3 is 19.3 Å². The van der Waals surface area contributed by atoms with Crippen LogP contribution in [0, 0.1) is 0 Å². The van der Waals surface area contributed by atoms with Crippen molar-refractivity contribution in [2.75, 3.05) is 42.7 Å². The van der Waals surface area contributed by atoms with E-state index in [4.69, 9.17) is 21.4 Å². The highest BCUT2D eigenvalue weighted by Gasteiger charge is 2.24. The van der Waals surface area contributed by atoms with Crippen LogP contribution in [0.25, 0.3) is 11.0 Å². The molecule has 0 amide bonds. The number of rotatable bonds is 4. The Labute approximate surface area is 134 Å². The van der Waals surface area contributed by atoms with Crippen molar-refractivity contribution in [3.8, 4) is 5.88 Å². The van der Waals surface area contributed by atoms with Crippen molar-refractivity contribution < 1.29 is 14.4 Å². The molecule has 0 atom stereocenters. The van der Waals surface area contributed by atoms with Crippen LogP contribution in [0.2, 0.25) is 5.28 Å². The fourth-order valence-corrected chi connectivity index (χ4v) is 3.42. The number of ether oxygens (including phenoxy) is 1. The summed E-state index contributed by atoms with van der Waals surface area (Å²) in [6.45, 7) is 1.21. The van der Waals surface area contributed by atoms with E-state index in [9.17, 15) is 4.55 Å². The number of halogens is 1.